The zero-order valence-corrected chi connectivity index (χ0v) is 12.8. The first-order valence-electron chi connectivity index (χ1n) is 7.79. The second-order valence-corrected chi connectivity index (χ2v) is 6.04. The van der Waals surface area contributed by atoms with Crippen LogP contribution < -0.4 is 10.5 Å². The molecule has 0 saturated carbocycles. The van der Waals surface area contributed by atoms with Crippen molar-refractivity contribution in [1.82, 2.24) is 9.80 Å². The molecule has 1 aromatic rings. The molecule has 2 aliphatic heterocycles. The Labute approximate surface area is 134 Å². The maximum atomic E-state index is 13.5. The van der Waals surface area contributed by atoms with Crippen LogP contribution in [0.1, 0.15) is 12.8 Å². The number of halogens is 1. The summed E-state index contributed by atoms with van der Waals surface area (Å²) in [5.41, 5.74) is 5.28. The first kappa shape index (κ1) is 15.6. The first-order chi connectivity index (χ1) is 11.0. The van der Waals surface area contributed by atoms with Crippen LogP contribution in [0.4, 0.5) is 9.18 Å². The largest absolute Gasteiger partial charge is 0.484 e. The summed E-state index contributed by atoms with van der Waals surface area (Å²) in [4.78, 5) is 26.9. The number of nitrogens with zero attached hydrogens (tertiary/aromatic N) is 2. The minimum absolute atomic E-state index is 0.0179. The van der Waals surface area contributed by atoms with Gasteiger partial charge in [0, 0.05) is 13.1 Å². The second kappa shape index (κ2) is 6.44. The summed E-state index contributed by atoms with van der Waals surface area (Å²) in [6.45, 7) is 1.88. The molecule has 2 heterocycles. The molecule has 124 valence electrons. The van der Waals surface area contributed by atoms with Gasteiger partial charge in [0.2, 0.25) is 5.91 Å². The van der Waals surface area contributed by atoms with Crippen molar-refractivity contribution in [3.05, 3.63) is 30.1 Å². The van der Waals surface area contributed by atoms with Crippen molar-refractivity contribution in [3.8, 4) is 5.75 Å². The quantitative estimate of drug-likeness (QED) is 0.909. The first-order valence-corrected chi connectivity index (χ1v) is 7.79. The van der Waals surface area contributed by atoms with Gasteiger partial charge in [0.05, 0.1) is 19.0 Å². The van der Waals surface area contributed by atoms with E-state index in [4.69, 9.17) is 10.5 Å². The molecule has 2 aliphatic rings. The van der Waals surface area contributed by atoms with E-state index in [0.717, 1.165) is 12.8 Å². The second-order valence-electron chi connectivity index (χ2n) is 6.04. The van der Waals surface area contributed by atoms with E-state index in [0.29, 0.717) is 26.2 Å². The summed E-state index contributed by atoms with van der Waals surface area (Å²) in [5.74, 6) is -0.376. The number of hydrogen-bond donors (Lipinski definition) is 1. The Bertz CT molecular complexity index is 604. The van der Waals surface area contributed by atoms with Crippen LogP contribution in [-0.2, 0) is 4.79 Å². The highest BCUT2D eigenvalue weighted by Crippen LogP contribution is 2.25. The number of carbonyl (C=O) groups excluding carboxylic acids is 2. The molecule has 2 N–H and O–H groups in total. The van der Waals surface area contributed by atoms with Gasteiger partial charge in [-0.15, -0.1) is 0 Å². The van der Waals surface area contributed by atoms with Crippen LogP contribution in [0.3, 0.4) is 0 Å². The van der Waals surface area contributed by atoms with Crippen molar-refractivity contribution in [2.75, 3.05) is 26.2 Å². The standard InChI is InChI=1S/C16H20FN3O3/c17-13-5-1-2-6-14(13)23-12-9-20(10-12)15(21)11-4-3-7-19(8-11)16(18)22/h1-2,5-6,11-12H,3-4,7-10H2,(H2,18,22)/t11-/m1/s1. The van der Waals surface area contributed by atoms with Crippen LogP contribution in [0.5, 0.6) is 5.75 Å². The predicted octanol–water partition coefficient (Wildman–Crippen LogP) is 1.21. The average Bonchev–Trinajstić information content (AvgIpc) is 2.51. The summed E-state index contributed by atoms with van der Waals surface area (Å²) in [6, 6.07) is 5.75. The Morgan fingerprint density at radius 1 is 1.17 bits per heavy atom. The summed E-state index contributed by atoms with van der Waals surface area (Å²) in [7, 11) is 0. The fraction of sp³-hybridized carbons (Fsp3) is 0.500. The maximum absolute atomic E-state index is 13.5. The molecule has 1 atom stereocenters. The van der Waals surface area contributed by atoms with Gasteiger partial charge in [0.25, 0.3) is 0 Å². The van der Waals surface area contributed by atoms with Gasteiger partial charge >= 0.3 is 6.03 Å². The van der Waals surface area contributed by atoms with Crippen LogP contribution in [0.25, 0.3) is 0 Å². The number of benzene rings is 1. The summed E-state index contributed by atoms with van der Waals surface area (Å²) < 4.78 is 19.1. The SMILES string of the molecule is NC(=O)N1CCC[C@@H](C(=O)N2CC(Oc3ccccc3F)C2)C1. The van der Waals surface area contributed by atoms with E-state index in [1.807, 2.05) is 0 Å². The molecule has 1 aromatic carbocycles. The number of rotatable bonds is 3. The van der Waals surface area contributed by atoms with Crippen LogP contribution >= 0.6 is 0 Å². The molecule has 2 saturated heterocycles. The zero-order valence-electron chi connectivity index (χ0n) is 12.8. The molecular formula is C16H20FN3O3. The molecule has 7 heteroatoms. The number of piperidine rings is 1. The number of hydrogen-bond acceptors (Lipinski definition) is 3. The lowest BCUT2D eigenvalue weighted by atomic mass is 9.95. The van der Waals surface area contributed by atoms with Gasteiger partial charge in [-0.1, -0.05) is 12.1 Å². The van der Waals surface area contributed by atoms with Gasteiger partial charge in [0.1, 0.15) is 6.10 Å². The normalized spacial score (nSPS) is 21.7. The smallest absolute Gasteiger partial charge is 0.314 e. The van der Waals surface area contributed by atoms with E-state index in [1.54, 1.807) is 23.1 Å². The van der Waals surface area contributed by atoms with E-state index in [1.165, 1.54) is 11.0 Å². The fourth-order valence-electron chi connectivity index (χ4n) is 3.05. The van der Waals surface area contributed by atoms with E-state index in [9.17, 15) is 14.0 Å². The Morgan fingerprint density at radius 2 is 1.91 bits per heavy atom. The molecule has 6 nitrogen and oxygen atoms in total. The summed E-state index contributed by atoms with van der Waals surface area (Å²) >= 11 is 0. The zero-order chi connectivity index (χ0) is 16.4. The molecular weight excluding hydrogens is 301 g/mol. The number of primary amides is 1. The van der Waals surface area contributed by atoms with Gasteiger partial charge in [-0.2, -0.15) is 0 Å². The molecule has 2 fully saturated rings. The minimum atomic E-state index is -0.480. The molecule has 3 amide bonds. The number of likely N-dealkylation sites (tertiary alicyclic amines) is 2. The number of para-hydroxylation sites is 1. The van der Waals surface area contributed by atoms with E-state index >= 15 is 0 Å². The lowest BCUT2D eigenvalue weighted by molar-refractivity contribution is -0.145. The van der Waals surface area contributed by atoms with Crippen molar-refractivity contribution < 1.29 is 18.7 Å². The third-order valence-corrected chi connectivity index (χ3v) is 4.37. The number of amides is 3. The van der Waals surface area contributed by atoms with Crippen molar-refractivity contribution in [2.24, 2.45) is 11.7 Å². The molecule has 0 aromatic heterocycles. The molecule has 0 aliphatic carbocycles. The number of ether oxygens (including phenoxy) is 1. The molecule has 0 bridgehead atoms. The maximum Gasteiger partial charge on any atom is 0.314 e. The number of carbonyl (C=O) groups is 2. The van der Waals surface area contributed by atoms with Crippen LogP contribution in [0.2, 0.25) is 0 Å². The van der Waals surface area contributed by atoms with Gasteiger partial charge in [-0.3, -0.25) is 4.79 Å². The van der Waals surface area contributed by atoms with Gasteiger partial charge in [0.15, 0.2) is 11.6 Å². The van der Waals surface area contributed by atoms with E-state index < -0.39 is 11.8 Å². The monoisotopic (exact) mass is 321 g/mol. The Morgan fingerprint density at radius 3 is 2.61 bits per heavy atom. The van der Waals surface area contributed by atoms with Crippen LogP contribution in [0.15, 0.2) is 24.3 Å². The summed E-state index contributed by atoms with van der Waals surface area (Å²) in [5, 5.41) is 0. The molecule has 3 rings (SSSR count). The Hall–Kier alpha value is -2.31. The van der Waals surface area contributed by atoms with Crippen molar-refractivity contribution in [2.45, 2.75) is 18.9 Å². The molecule has 0 unspecified atom stereocenters. The third kappa shape index (κ3) is 3.38. The lowest BCUT2D eigenvalue weighted by Crippen LogP contribution is -2.59. The Kier molecular flexibility index (Phi) is 4.36. The van der Waals surface area contributed by atoms with Gasteiger partial charge in [-0.05, 0) is 25.0 Å². The van der Waals surface area contributed by atoms with Crippen LogP contribution in [0, 0.1) is 11.7 Å². The number of nitrogens with two attached hydrogens (primary N) is 1. The van der Waals surface area contributed by atoms with E-state index in [-0.39, 0.29) is 23.7 Å². The molecule has 23 heavy (non-hydrogen) atoms. The third-order valence-electron chi connectivity index (χ3n) is 4.37. The highest BCUT2D eigenvalue weighted by molar-refractivity contribution is 5.81. The fourth-order valence-corrected chi connectivity index (χ4v) is 3.05. The number of urea groups is 1. The highest BCUT2D eigenvalue weighted by Gasteiger charge is 2.38. The lowest BCUT2D eigenvalue weighted by Gasteiger charge is -2.42. The Balaban J connectivity index is 1.50. The summed E-state index contributed by atoms with van der Waals surface area (Å²) in [6.07, 6.45) is 1.35. The average molecular weight is 321 g/mol. The van der Waals surface area contributed by atoms with Gasteiger partial charge < -0.3 is 20.3 Å². The van der Waals surface area contributed by atoms with Crippen LogP contribution in [-0.4, -0.2) is 54.0 Å². The van der Waals surface area contributed by atoms with Crippen molar-refractivity contribution >= 4 is 11.9 Å². The topological polar surface area (TPSA) is 75.9 Å². The minimum Gasteiger partial charge on any atom is -0.484 e. The van der Waals surface area contributed by atoms with E-state index in [2.05, 4.69) is 0 Å². The highest BCUT2D eigenvalue weighted by atomic mass is 19.1. The van der Waals surface area contributed by atoms with Crippen molar-refractivity contribution in [1.29, 1.82) is 0 Å². The molecule has 0 spiro atoms. The molecule has 0 radical (unpaired) electrons. The predicted molar refractivity (Wildman–Crippen MR) is 81.3 cm³/mol. The van der Waals surface area contributed by atoms with Crippen molar-refractivity contribution in [3.63, 3.8) is 0 Å². The van der Waals surface area contributed by atoms with Gasteiger partial charge in [-0.25, -0.2) is 9.18 Å².